The summed E-state index contributed by atoms with van der Waals surface area (Å²) in [5, 5.41) is 0.588. The van der Waals surface area contributed by atoms with Crippen molar-refractivity contribution in [2.75, 3.05) is 6.61 Å². The third-order valence-electron chi connectivity index (χ3n) is 4.31. The van der Waals surface area contributed by atoms with Gasteiger partial charge in [0, 0.05) is 22.6 Å². The van der Waals surface area contributed by atoms with Gasteiger partial charge in [-0.15, -0.1) is 0 Å². The molecule has 7 heteroatoms. The van der Waals surface area contributed by atoms with Crippen LogP contribution in [0.25, 0.3) is 5.69 Å². The lowest BCUT2D eigenvalue weighted by molar-refractivity contribution is 0.0474. The number of hydrogen-bond acceptors (Lipinski definition) is 3. The Morgan fingerprint density at radius 3 is 2.32 bits per heavy atom. The van der Waals surface area contributed by atoms with Gasteiger partial charge in [0.25, 0.3) is 0 Å². The maximum atomic E-state index is 13.2. The van der Waals surface area contributed by atoms with E-state index in [2.05, 4.69) is 0 Å². The predicted molar refractivity (Wildman–Crippen MR) is 106 cm³/mol. The highest BCUT2D eigenvalue weighted by molar-refractivity contribution is 6.42. The van der Waals surface area contributed by atoms with E-state index in [1.165, 1.54) is 30.3 Å². The SMILES string of the molecule is Cc1cc(C(=O)OCC(=O)c2ccc(Cl)c(Cl)c2)c(C)n1-c1ccc(F)cc1. The van der Waals surface area contributed by atoms with Gasteiger partial charge >= 0.3 is 5.97 Å². The number of hydrogen-bond donors (Lipinski definition) is 0. The summed E-state index contributed by atoms with van der Waals surface area (Å²) in [6, 6.07) is 12.1. The van der Waals surface area contributed by atoms with Gasteiger partial charge in [-0.2, -0.15) is 0 Å². The average Bonchev–Trinajstić information content (AvgIpc) is 2.97. The first kappa shape index (κ1) is 20.1. The van der Waals surface area contributed by atoms with Crippen LogP contribution in [-0.4, -0.2) is 22.9 Å². The van der Waals surface area contributed by atoms with Crippen LogP contribution in [0.3, 0.4) is 0 Å². The minimum absolute atomic E-state index is 0.252. The molecule has 0 amide bonds. The maximum Gasteiger partial charge on any atom is 0.340 e. The summed E-state index contributed by atoms with van der Waals surface area (Å²) >= 11 is 11.7. The summed E-state index contributed by atoms with van der Waals surface area (Å²) in [6.45, 7) is 3.17. The Morgan fingerprint density at radius 2 is 1.68 bits per heavy atom. The van der Waals surface area contributed by atoms with E-state index in [4.69, 9.17) is 27.9 Å². The quantitative estimate of drug-likeness (QED) is 0.400. The highest BCUT2D eigenvalue weighted by atomic mass is 35.5. The normalized spacial score (nSPS) is 10.8. The first-order chi connectivity index (χ1) is 13.3. The number of carbonyl (C=O) groups excluding carboxylic acids is 2. The summed E-state index contributed by atoms with van der Waals surface area (Å²) < 4.78 is 20.2. The molecule has 144 valence electrons. The highest BCUT2D eigenvalue weighted by Crippen LogP contribution is 2.24. The van der Waals surface area contributed by atoms with E-state index in [-0.39, 0.29) is 16.6 Å². The van der Waals surface area contributed by atoms with Crippen molar-refractivity contribution in [1.29, 1.82) is 0 Å². The van der Waals surface area contributed by atoms with Crippen LogP contribution in [0, 0.1) is 19.7 Å². The van der Waals surface area contributed by atoms with Crippen LogP contribution in [0.15, 0.2) is 48.5 Å². The molecule has 0 bridgehead atoms. The monoisotopic (exact) mass is 419 g/mol. The number of benzene rings is 2. The third kappa shape index (κ3) is 4.11. The van der Waals surface area contributed by atoms with Gasteiger partial charge < -0.3 is 9.30 Å². The fraction of sp³-hybridized carbons (Fsp3) is 0.143. The Bertz CT molecular complexity index is 1060. The fourth-order valence-corrected chi connectivity index (χ4v) is 3.22. The topological polar surface area (TPSA) is 48.3 Å². The molecule has 0 fully saturated rings. The molecule has 0 aliphatic heterocycles. The zero-order chi connectivity index (χ0) is 20.4. The number of aromatic nitrogens is 1. The Balaban J connectivity index is 1.76. The highest BCUT2D eigenvalue weighted by Gasteiger charge is 2.19. The predicted octanol–water partition coefficient (Wildman–Crippen LogP) is 5.58. The minimum atomic E-state index is -0.616. The summed E-state index contributed by atoms with van der Waals surface area (Å²) in [4.78, 5) is 24.7. The molecule has 0 unspecified atom stereocenters. The number of nitrogens with zero attached hydrogens (tertiary/aromatic N) is 1. The first-order valence-corrected chi connectivity index (χ1v) is 9.14. The lowest BCUT2D eigenvalue weighted by atomic mass is 10.1. The molecule has 0 aliphatic rings. The molecule has 3 aromatic rings. The molecule has 2 aromatic carbocycles. The number of rotatable bonds is 5. The molecule has 0 aliphatic carbocycles. The Hall–Kier alpha value is -2.63. The van der Waals surface area contributed by atoms with E-state index in [0.717, 1.165) is 11.4 Å². The molecule has 4 nitrogen and oxygen atoms in total. The number of Topliss-reactive ketones (excluding diaryl/α,β-unsaturated/α-hetero) is 1. The van der Waals surface area contributed by atoms with Crippen molar-refractivity contribution in [3.8, 4) is 5.69 Å². The first-order valence-electron chi connectivity index (χ1n) is 8.38. The lowest BCUT2D eigenvalue weighted by Gasteiger charge is -2.10. The van der Waals surface area contributed by atoms with Gasteiger partial charge in [0.05, 0.1) is 15.6 Å². The van der Waals surface area contributed by atoms with Gasteiger partial charge in [0.2, 0.25) is 0 Å². The van der Waals surface area contributed by atoms with Crippen molar-refractivity contribution >= 4 is 35.0 Å². The van der Waals surface area contributed by atoms with E-state index in [9.17, 15) is 14.0 Å². The number of ether oxygens (including phenoxy) is 1. The van der Waals surface area contributed by atoms with E-state index < -0.39 is 12.6 Å². The van der Waals surface area contributed by atoms with Gasteiger partial charge in [-0.25, -0.2) is 9.18 Å². The number of halogens is 3. The molecule has 0 N–H and O–H groups in total. The van der Waals surface area contributed by atoms with Crippen LogP contribution in [0.1, 0.15) is 32.1 Å². The smallest absolute Gasteiger partial charge is 0.340 e. The summed E-state index contributed by atoms with van der Waals surface area (Å²) in [5.41, 5.74) is 2.79. The van der Waals surface area contributed by atoms with Gasteiger partial charge in [0.1, 0.15) is 5.82 Å². The second kappa shape index (κ2) is 8.17. The summed E-state index contributed by atoms with van der Waals surface area (Å²) in [7, 11) is 0. The second-order valence-corrected chi connectivity index (χ2v) is 7.04. The molecule has 0 spiro atoms. The van der Waals surface area contributed by atoms with Crippen molar-refractivity contribution < 1.29 is 18.7 Å². The lowest BCUT2D eigenvalue weighted by Crippen LogP contribution is -2.15. The molecular formula is C21H16Cl2FNO3. The molecule has 3 rings (SSSR count). The summed E-state index contributed by atoms with van der Waals surface area (Å²) in [6.07, 6.45) is 0. The van der Waals surface area contributed by atoms with E-state index in [1.54, 1.807) is 25.1 Å². The molecule has 0 saturated carbocycles. The molecular weight excluding hydrogens is 404 g/mol. The number of carbonyl (C=O) groups is 2. The zero-order valence-electron chi connectivity index (χ0n) is 15.1. The second-order valence-electron chi connectivity index (χ2n) is 6.22. The molecule has 1 heterocycles. The van der Waals surface area contributed by atoms with Gasteiger partial charge in [-0.1, -0.05) is 23.2 Å². The third-order valence-corrected chi connectivity index (χ3v) is 5.05. The number of ketones is 1. The van der Waals surface area contributed by atoms with Crippen LogP contribution in [0.5, 0.6) is 0 Å². The van der Waals surface area contributed by atoms with Gasteiger partial charge in [-0.05, 0) is 62.4 Å². The van der Waals surface area contributed by atoms with Crippen molar-refractivity contribution in [3.05, 3.63) is 86.9 Å². The van der Waals surface area contributed by atoms with E-state index in [0.29, 0.717) is 21.8 Å². The molecule has 0 saturated heterocycles. The molecule has 0 atom stereocenters. The summed E-state index contributed by atoms with van der Waals surface area (Å²) in [5.74, 6) is -1.35. The van der Waals surface area contributed by atoms with Gasteiger partial charge in [-0.3, -0.25) is 4.79 Å². The standard InChI is InChI=1S/C21H16Cl2FNO3/c1-12-9-17(13(2)25(12)16-6-4-15(24)5-7-16)21(27)28-11-20(26)14-3-8-18(22)19(23)10-14/h3-10H,11H2,1-2H3. The average molecular weight is 420 g/mol. The van der Waals surface area contributed by atoms with Crippen LogP contribution >= 0.6 is 23.2 Å². The molecule has 28 heavy (non-hydrogen) atoms. The van der Waals surface area contributed by atoms with Crippen LogP contribution in [0.2, 0.25) is 10.0 Å². The number of esters is 1. The zero-order valence-corrected chi connectivity index (χ0v) is 16.6. The van der Waals surface area contributed by atoms with Crippen molar-refractivity contribution in [2.45, 2.75) is 13.8 Å². The van der Waals surface area contributed by atoms with Crippen molar-refractivity contribution in [1.82, 2.24) is 4.57 Å². The van der Waals surface area contributed by atoms with Crippen molar-refractivity contribution in [2.24, 2.45) is 0 Å². The largest absolute Gasteiger partial charge is 0.454 e. The Kier molecular flexibility index (Phi) is 5.87. The van der Waals surface area contributed by atoms with Crippen molar-refractivity contribution in [3.63, 3.8) is 0 Å². The number of aryl methyl sites for hydroxylation is 1. The molecule has 0 radical (unpaired) electrons. The van der Waals surface area contributed by atoms with E-state index in [1.807, 2.05) is 11.5 Å². The van der Waals surface area contributed by atoms with Crippen LogP contribution < -0.4 is 0 Å². The van der Waals surface area contributed by atoms with Crippen LogP contribution in [-0.2, 0) is 4.74 Å². The van der Waals surface area contributed by atoms with Crippen LogP contribution in [0.4, 0.5) is 4.39 Å². The molecule has 1 aromatic heterocycles. The minimum Gasteiger partial charge on any atom is -0.454 e. The van der Waals surface area contributed by atoms with E-state index >= 15 is 0 Å². The maximum absolute atomic E-state index is 13.2. The van der Waals surface area contributed by atoms with Gasteiger partial charge in [0.15, 0.2) is 12.4 Å². The fourth-order valence-electron chi connectivity index (χ4n) is 2.92. The Morgan fingerprint density at radius 1 is 1.00 bits per heavy atom. The Labute approximate surface area is 171 Å².